The zero-order chi connectivity index (χ0) is 35.7. The fourth-order valence-corrected chi connectivity index (χ4v) is 5.52. The number of rotatable bonds is 8. The molecule has 0 unspecified atom stereocenters. The minimum atomic E-state index is -4.99. The highest BCUT2D eigenvalue weighted by molar-refractivity contribution is 7.07. The standard InChI is InChI=1S/C29H29ClF3N5O9S/c1-14-16(22-23(41)36(5)27(43)37(6)24(22)45-14)10-20(39)35-25-38(13-44-21(40)11-34-26(42)47-28(2,3)4)18(12-48-25)15-7-8-19(17(30)9-15)46-29(31,32)33/h7-9,12H,10-11,13H2,1-6H3,(H,34,42)/b35-25-. The number of halogens is 4. The zero-order valence-electron chi connectivity index (χ0n) is 26.3. The zero-order valence-corrected chi connectivity index (χ0v) is 27.9. The monoisotopic (exact) mass is 715 g/mol. The molecule has 48 heavy (non-hydrogen) atoms. The van der Waals surface area contributed by atoms with Crippen LogP contribution in [-0.2, 0) is 46.3 Å². The van der Waals surface area contributed by atoms with Crippen LogP contribution in [0.15, 0.2) is 42.6 Å². The number of alkyl halides is 3. The Bertz CT molecular complexity index is 2100. The van der Waals surface area contributed by atoms with Crippen LogP contribution < -0.4 is 26.1 Å². The minimum Gasteiger partial charge on any atom is -0.444 e. The van der Waals surface area contributed by atoms with Crippen molar-refractivity contribution in [2.75, 3.05) is 6.54 Å². The topological polar surface area (TPSA) is 165 Å². The van der Waals surface area contributed by atoms with Crippen LogP contribution in [-0.4, -0.2) is 50.2 Å². The molecule has 258 valence electrons. The lowest BCUT2D eigenvalue weighted by molar-refractivity contribution is -0.274. The first-order valence-corrected chi connectivity index (χ1v) is 15.1. The number of ether oxygens (including phenoxy) is 3. The molecule has 0 fully saturated rings. The Morgan fingerprint density at radius 3 is 2.42 bits per heavy atom. The second-order valence-electron chi connectivity index (χ2n) is 11.2. The Kier molecular flexibility index (Phi) is 10.3. The van der Waals surface area contributed by atoms with Crippen LogP contribution in [0, 0.1) is 6.92 Å². The first-order valence-electron chi connectivity index (χ1n) is 13.9. The Hall–Kier alpha value is -4.84. The van der Waals surface area contributed by atoms with Crippen molar-refractivity contribution in [2.45, 2.75) is 52.8 Å². The highest BCUT2D eigenvalue weighted by Gasteiger charge is 2.32. The van der Waals surface area contributed by atoms with E-state index >= 15 is 0 Å². The number of esters is 1. The van der Waals surface area contributed by atoms with Crippen LogP contribution in [0.1, 0.15) is 32.1 Å². The molecule has 19 heteroatoms. The summed E-state index contributed by atoms with van der Waals surface area (Å²) in [6.45, 7) is 5.32. The SMILES string of the molecule is Cc1oc2c(c1CC(=O)/N=c1\scc(-c3ccc(OC(F)(F)F)c(Cl)c3)n1COC(=O)CNC(=O)OC(C)(C)C)c(=O)n(C)c(=O)n2C. The maximum Gasteiger partial charge on any atom is 0.573 e. The maximum atomic E-state index is 13.3. The van der Waals surface area contributed by atoms with Gasteiger partial charge in [0, 0.05) is 30.6 Å². The fourth-order valence-electron chi connectivity index (χ4n) is 4.38. The number of aryl methyl sites for hydroxylation is 2. The van der Waals surface area contributed by atoms with Gasteiger partial charge in [0.15, 0.2) is 11.5 Å². The summed E-state index contributed by atoms with van der Waals surface area (Å²) < 4.78 is 61.6. The van der Waals surface area contributed by atoms with E-state index in [1.807, 2.05) is 0 Å². The number of furan rings is 1. The van der Waals surface area contributed by atoms with Crippen LogP contribution in [0.2, 0.25) is 5.02 Å². The van der Waals surface area contributed by atoms with Gasteiger partial charge >= 0.3 is 24.1 Å². The number of aromatic nitrogens is 3. The summed E-state index contributed by atoms with van der Waals surface area (Å²) in [5, 5.41) is 3.40. The second-order valence-corrected chi connectivity index (χ2v) is 12.5. The van der Waals surface area contributed by atoms with Crippen LogP contribution in [0.5, 0.6) is 5.75 Å². The Labute approximate surface area is 277 Å². The number of nitrogens with one attached hydrogen (secondary N) is 1. The van der Waals surface area contributed by atoms with Gasteiger partial charge in [-0.2, -0.15) is 4.99 Å². The maximum absolute atomic E-state index is 13.3. The predicted molar refractivity (Wildman–Crippen MR) is 165 cm³/mol. The van der Waals surface area contributed by atoms with Crippen molar-refractivity contribution < 1.29 is 46.2 Å². The summed E-state index contributed by atoms with van der Waals surface area (Å²) in [6, 6.07) is 3.44. The van der Waals surface area contributed by atoms with E-state index in [4.69, 9.17) is 25.5 Å². The molecule has 4 aromatic rings. The Morgan fingerprint density at radius 2 is 1.79 bits per heavy atom. The molecule has 0 bridgehead atoms. The summed E-state index contributed by atoms with van der Waals surface area (Å²) in [5.74, 6) is -2.07. The van der Waals surface area contributed by atoms with E-state index in [1.165, 1.54) is 43.1 Å². The number of carbonyl (C=O) groups excluding carboxylic acids is 3. The molecular weight excluding hydrogens is 687 g/mol. The van der Waals surface area contributed by atoms with E-state index < -0.39 is 66.6 Å². The van der Waals surface area contributed by atoms with Crippen molar-refractivity contribution >= 4 is 52.0 Å². The number of benzene rings is 1. The predicted octanol–water partition coefficient (Wildman–Crippen LogP) is 3.92. The van der Waals surface area contributed by atoms with Crippen molar-refractivity contribution in [2.24, 2.45) is 19.1 Å². The van der Waals surface area contributed by atoms with Crippen molar-refractivity contribution in [1.29, 1.82) is 0 Å². The summed E-state index contributed by atoms with van der Waals surface area (Å²) in [6.07, 6.45) is -6.26. The molecule has 0 spiro atoms. The third-order valence-corrected chi connectivity index (χ3v) is 7.68. The second kappa shape index (κ2) is 13.7. The smallest absolute Gasteiger partial charge is 0.444 e. The summed E-state index contributed by atoms with van der Waals surface area (Å²) in [7, 11) is 2.70. The van der Waals surface area contributed by atoms with E-state index in [0.717, 1.165) is 26.5 Å². The quantitative estimate of drug-likeness (QED) is 0.266. The number of hydrogen-bond donors (Lipinski definition) is 1. The first-order chi connectivity index (χ1) is 22.3. The molecule has 1 N–H and O–H groups in total. The number of alkyl carbamates (subject to hydrolysis) is 1. The van der Waals surface area contributed by atoms with Gasteiger partial charge in [0.2, 0.25) is 5.71 Å². The van der Waals surface area contributed by atoms with Crippen molar-refractivity contribution in [3.05, 3.63) is 65.6 Å². The Morgan fingerprint density at radius 1 is 1.10 bits per heavy atom. The van der Waals surface area contributed by atoms with Gasteiger partial charge in [0.1, 0.15) is 29.0 Å². The molecule has 0 aliphatic heterocycles. The molecule has 4 rings (SSSR count). The minimum absolute atomic E-state index is 0.000369. The number of thiazole rings is 1. The van der Waals surface area contributed by atoms with Gasteiger partial charge in [-0.15, -0.1) is 24.5 Å². The van der Waals surface area contributed by atoms with Crippen molar-refractivity contribution in [3.63, 3.8) is 0 Å². The number of fused-ring (bicyclic) bond motifs is 1. The van der Waals surface area contributed by atoms with E-state index in [2.05, 4.69) is 15.0 Å². The molecule has 2 amide bonds. The lowest BCUT2D eigenvalue weighted by Gasteiger charge is -2.19. The number of amides is 2. The summed E-state index contributed by atoms with van der Waals surface area (Å²) in [4.78, 5) is 67.1. The number of carbonyl (C=O) groups is 3. The lowest BCUT2D eigenvalue weighted by Crippen LogP contribution is -2.36. The van der Waals surface area contributed by atoms with Gasteiger partial charge in [-0.3, -0.25) is 28.1 Å². The molecule has 0 aliphatic carbocycles. The molecule has 0 saturated heterocycles. The van der Waals surface area contributed by atoms with Gasteiger partial charge < -0.3 is 23.9 Å². The molecule has 0 radical (unpaired) electrons. The molecule has 1 aromatic carbocycles. The summed E-state index contributed by atoms with van der Waals surface area (Å²) >= 11 is 6.99. The lowest BCUT2D eigenvalue weighted by atomic mass is 10.1. The van der Waals surface area contributed by atoms with Crippen LogP contribution in [0.3, 0.4) is 0 Å². The average Bonchev–Trinajstić information content (AvgIpc) is 3.52. The average molecular weight is 716 g/mol. The van der Waals surface area contributed by atoms with E-state index in [9.17, 15) is 37.1 Å². The normalized spacial score (nSPS) is 12.3. The summed E-state index contributed by atoms with van der Waals surface area (Å²) in [5.41, 5.74) is -1.40. The highest BCUT2D eigenvalue weighted by atomic mass is 35.5. The number of nitrogens with zero attached hydrogens (tertiary/aromatic N) is 4. The molecule has 0 atom stereocenters. The third kappa shape index (κ3) is 8.35. The van der Waals surface area contributed by atoms with Crippen LogP contribution in [0.25, 0.3) is 22.4 Å². The van der Waals surface area contributed by atoms with Gasteiger partial charge in [0.05, 0.1) is 17.1 Å². The Balaban J connectivity index is 1.69. The first kappa shape index (κ1) is 36.0. The fraction of sp³-hybridized carbons (Fsp3) is 0.379. The third-order valence-electron chi connectivity index (χ3n) is 6.52. The molecule has 3 aromatic heterocycles. The van der Waals surface area contributed by atoms with E-state index in [-0.39, 0.29) is 43.5 Å². The molecule has 3 heterocycles. The van der Waals surface area contributed by atoms with E-state index in [0.29, 0.717) is 0 Å². The van der Waals surface area contributed by atoms with Crippen LogP contribution in [0.4, 0.5) is 18.0 Å². The van der Waals surface area contributed by atoms with Gasteiger partial charge in [-0.25, -0.2) is 9.59 Å². The van der Waals surface area contributed by atoms with Crippen molar-refractivity contribution in [3.8, 4) is 17.0 Å². The number of hydrogen-bond acceptors (Lipinski definition) is 10. The molecule has 0 saturated carbocycles. The molecule has 14 nitrogen and oxygen atoms in total. The van der Waals surface area contributed by atoms with Gasteiger partial charge in [0.25, 0.3) is 11.5 Å². The molecule has 0 aliphatic rings. The largest absolute Gasteiger partial charge is 0.573 e. The van der Waals surface area contributed by atoms with Gasteiger partial charge in [-0.1, -0.05) is 11.6 Å². The van der Waals surface area contributed by atoms with Crippen LogP contribution >= 0.6 is 22.9 Å². The van der Waals surface area contributed by atoms with E-state index in [1.54, 1.807) is 20.8 Å². The molecular formula is C29H29ClF3N5O9S. The highest BCUT2D eigenvalue weighted by Crippen LogP contribution is 2.34. The van der Waals surface area contributed by atoms with Gasteiger partial charge in [-0.05, 0) is 45.9 Å². The van der Waals surface area contributed by atoms with Crippen molar-refractivity contribution in [1.82, 2.24) is 19.0 Å².